The number of aromatic nitrogens is 2. The van der Waals surface area contributed by atoms with Crippen LogP contribution in [0.1, 0.15) is 11.1 Å². The van der Waals surface area contributed by atoms with Crippen LogP contribution in [0.2, 0.25) is 5.02 Å². The monoisotopic (exact) mass is 278 g/mol. The predicted molar refractivity (Wildman–Crippen MR) is 72.2 cm³/mol. The molecule has 0 bridgehead atoms. The van der Waals surface area contributed by atoms with Gasteiger partial charge in [0.25, 0.3) is 0 Å². The molecule has 0 saturated heterocycles. The van der Waals surface area contributed by atoms with Gasteiger partial charge in [-0.1, -0.05) is 11.6 Å². The summed E-state index contributed by atoms with van der Waals surface area (Å²) in [4.78, 5) is 18.3. The lowest BCUT2D eigenvalue weighted by Gasteiger charge is -2.08. The van der Waals surface area contributed by atoms with Crippen molar-refractivity contribution >= 4 is 23.1 Å². The Labute approximate surface area is 114 Å². The molecule has 98 valence electrons. The maximum Gasteiger partial charge on any atom is 0.312 e. The van der Waals surface area contributed by atoms with Gasteiger partial charge in [-0.3, -0.25) is 15.1 Å². The number of hydrogen-bond acceptors (Lipinski definition) is 5. The molecule has 2 heterocycles. The summed E-state index contributed by atoms with van der Waals surface area (Å²) >= 11 is 5.70. The summed E-state index contributed by atoms with van der Waals surface area (Å²) in [6.45, 7) is 2.36. The summed E-state index contributed by atoms with van der Waals surface area (Å²) in [5, 5.41) is 14.1. The number of anilines is 1. The molecule has 0 fully saturated rings. The second kappa shape index (κ2) is 5.62. The van der Waals surface area contributed by atoms with Gasteiger partial charge in [-0.2, -0.15) is 0 Å². The van der Waals surface area contributed by atoms with Gasteiger partial charge < -0.3 is 5.32 Å². The molecular formula is C12H11ClN4O2. The first kappa shape index (κ1) is 13.2. The van der Waals surface area contributed by atoms with E-state index in [0.29, 0.717) is 6.54 Å². The summed E-state index contributed by atoms with van der Waals surface area (Å²) in [6.07, 6.45) is 4.78. The second-order valence-electron chi connectivity index (χ2n) is 3.93. The molecule has 0 amide bonds. The van der Waals surface area contributed by atoms with Gasteiger partial charge in [0.05, 0.1) is 9.95 Å². The summed E-state index contributed by atoms with van der Waals surface area (Å²) in [7, 11) is 0. The highest BCUT2D eigenvalue weighted by molar-refractivity contribution is 6.30. The third-order valence-electron chi connectivity index (χ3n) is 2.62. The molecule has 2 aromatic rings. The van der Waals surface area contributed by atoms with E-state index in [9.17, 15) is 10.1 Å². The van der Waals surface area contributed by atoms with Crippen LogP contribution >= 0.6 is 11.6 Å². The minimum absolute atomic E-state index is 0.144. The fraction of sp³-hybridized carbons (Fsp3) is 0.167. The normalized spacial score (nSPS) is 10.2. The molecule has 0 radical (unpaired) electrons. The topological polar surface area (TPSA) is 81.0 Å². The number of nitrogens with zero attached hydrogens (tertiary/aromatic N) is 3. The first-order chi connectivity index (χ1) is 9.08. The van der Waals surface area contributed by atoms with E-state index in [4.69, 9.17) is 11.6 Å². The Hall–Kier alpha value is -2.21. The lowest BCUT2D eigenvalue weighted by Crippen LogP contribution is -2.06. The van der Waals surface area contributed by atoms with Crippen molar-refractivity contribution in [2.75, 3.05) is 5.32 Å². The van der Waals surface area contributed by atoms with Gasteiger partial charge in [-0.25, -0.2) is 4.98 Å². The standard InChI is InChI=1S/C12H11ClN4O2/c1-8-2-3-14-5-9(8)6-15-12-11(17(18)19)4-10(13)7-16-12/h2-5,7H,6H2,1H3,(H,15,16). The van der Waals surface area contributed by atoms with Crippen LogP contribution in [0.3, 0.4) is 0 Å². The van der Waals surface area contributed by atoms with Gasteiger partial charge in [-0.15, -0.1) is 0 Å². The van der Waals surface area contributed by atoms with Crippen molar-refractivity contribution in [2.24, 2.45) is 0 Å². The van der Waals surface area contributed by atoms with E-state index in [2.05, 4.69) is 15.3 Å². The maximum atomic E-state index is 10.9. The van der Waals surface area contributed by atoms with Crippen LogP contribution < -0.4 is 5.32 Å². The highest BCUT2D eigenvalue weighted by Crippen LogP contribution is 2.25. The molecule has 6 nitrogen and oxygen atoms in total. The number of pyridine rings is 2. The maximum absolute atomic E-state index is 10.9. The molecule has 0 saturated carbocycles. The van der Waals surface area contributed by atoms with Crippen LogP contribution in [0.15, 0.2) is 30.7 Å². The van der Waals surface area contributed by atoms with Crippen molar-refractivity contribution < 1.29 is 4.92 Å². The number of aryl methyl sites for hydroxylation is 1. The average molecular weight is 279 g/mol. The number of nitrogens with one attached hydrogen (secondary N) is 1. The van der Waals surface area contributed by atoms with Crippen molar-refractivity contribution in [3.8, 4) is 0 Å². The number of nitro groups is 1. The molecule has 0 spiro atoms. The molecule has 7 heteroatoms. The molecule has 0 aliphatic carbocycles. The first-order valence-corrected chi connectivity index (χ1v) is 5.89. The van der Waals surface area contributed by atoms with Crippen molar-refractivity contribution in [2.45, 2.75) is 13.5 Å². The molecular weight excluding hydrogens is 268 g/mol. The van der Waals surface area contributed by atoms with Crippen LogP contribution in [0.5, 0.6) is 0 Å². The van der Waals surface area contributed by atoms with Crippen molar-refractivity contribution in [1.82, 2.24) is 9.97 Å². The van der Waals surface area contributed by atoms with Gasteiger partial charge in [0.1, 0.15) is 0 Å². The quantitative estimate of drug-likeness (QED) is 0.687. The van der Waals surface area contributed by atoms with E-state index >= 15 is 0 Å². The van der Waals surface area contributed by atoms with Crippen molar-refractivity contribution in [1.29, 1.82) is 0 Å². The minimum atomic E-state index is -0.517. The summed E-state index contributed by atoms with van der Waals surface area (Å²) < 4.78 is 0. The highest BCUT2D eigenvalue weighted by atomic mass is 35.5. The van der Waals surface area contributed by atoms with Gasteiger partial charge >= 0.3 is 5.69 Å². The molecule has 0 aromatic carbocycles. The van der Waals surface area contributed by atoms with Crippen LogP contribution in [0.25, 0.3) is 0 Å². The third kappa shape index (κ3) is 3.17. The zero-order valence-electron chi connectivity index (χ0n) is 10.1. The molecule has 0 atom stereocenters. The first-order valence-electron chi connectivity index (χ1n) is 5.51. The van der Waals surface area contributed by atoms with Crippen molar-refractivity contribution in [3.63, 3.8) is 0 Å². The van der Waals surface area contributed by atoms with Crippen LogP contribution in [-0.4, -0.2) is 14.9 Å². The molecule has 2 rings (SSSR count). The summed E-state index contributed by atoms with van der Waals surface area (Å²) in [5.41, 5.74) is 1.86. The van der Waals surface area contributed by atoms with Gasteiger partial charge in [0, 0.05) is 31.2 Å². The van der Waals surface area contributed by atoms with E-state index in [1.54, 1.807) is 12.4 Å². The Bertz CT molecular complexity index is 618. The summed E-state index contributed by atoms with van der Waals surface area (Å²) in [5.74, 6) is 0.192. The Morgan fingerprint density at radius 2 is 2.26 bits per heavy atom. The average Bonchev–Trinajstić information content (AvgIpc) is 2.38. The van der Waals surface area contributed by atoms with Gasteiger partial charge in [0.15, 0.2) is 0 Å². The molecule has 0 aliphatic rings. The molecule has 0 unspecified atom stereocenters. The Balaban J connectivity index is 2.20. The zero-order valence-corrected chi connectivity index (χ0v) is 10.9. The second-order valence-corrected chi connectivity index (χ2v) is 4.37. The molecule has 2 aromatic heterocycles. The van der Waals surface area contributed by atoms with E-state index < -0.39 is 4.92 Å². The number of rotatable bonds is 4. The fourth-order valence-electron chi connectivity index (χ4n) is 1.56. The number of halogens is 1. The predicted octanol–water partition coefficient (Wildman–Crippen LogP) is 2.96. The molecule has 0 aliphatic heterocycles. The van der Waals surface area contributed by atoms with E-state index in [-0.39, 0.29) is 16.5 Å². The molecule has 19 heavy (non-hydrogen) atoms. The third-order valence-corrected chi connectivity index (χ3v) is 2.83. The zero-order chi connectivity index (χ0) is 13.8. The Morgan fingerprint density at radius 3 is 2.95 bits per heavy atom. The van der Waals surface area contributed by atoms with Crippen LogP contribution in [-0.2, 0) is 6.54 Å². The van der Waals surface area contributed by atoms with E-state index in [0.717, 1.165) is 11.1 Å². The van der Waals surface area contributed by atoms with Gasteiger partial charge in [0.2, 0.25) is 5.82 Å². The van der Waals surface area contributed by atoms with Gasteiger partial charge in [-0.05, 0) is 24.1 Å². The van der Waals surface area contributed by atoms with Crippen LogP contribution in [0.4, 0.5) is 11.5 Å². The SMILES string of the molecule is Cc1ccncc1CNc1ncc(Cl)cc1[N+](=O)[O-]. The fourth-order valence-corrected chi connectivity index (χ4v) is 1.72. The number of hydrogen-bond donors (Lipinski definition) is 1. The van der Waals surface area contributed by atoms with Crippen molar-refractivity contribution in [3.05, 3.63) is 57.0 Å². The van der Waals surface area contributed by atoms with E-state index in [1.807, 2.05) is 13.0 Å². The lowest BCUT2D eigenvalue weighted by atomic mass is 10.1. The lowest BCUT2D eigenvalue weighted by molar-refractivity contribution is -0.384. The Morgan fingerprint density at radius 1 is 1.47 bits per heavy atom. The minimum Gasteiger partial charge on any atom is -0.360 e. The largest absolute Gasteiger partial charge is 0.360 e. The molecule has 1 N–H and O–H groups in total. The smallest absolute Gasteiger partial charge is 0.312 e. The van der Waals surface area contributed by atoms with E-state index in [1.165, 1.54) is 12.3 Å². The van der Waals surface area contributed by atoms with Crippen LogP contribution in [0, 0.1) is 17.0 Å². The highest BCUT2D eigenvalue weighted by Gasteiger charge is 2.15. The Kier molecular flexibility index (Phi) is 3.91. The summed E-state index contributed by atoms with van der Waals surface area (Å²) in [6, 6.07) is 3.15.